The normalized spacial score (nSPS) is 20.0. The average Bonchev–Trinajstić information content (AvgIpc) is 3.38. The van der Waals surface area contributed by atoms with Gasteiger partial charge >= 0.3 is 0 Å². The van der Waals surface area contributed by atoms with E-state index in [1.807, 2.05) is 54.6 Å². The first-order chi connectivity index (χ1) is 16.6. The van der Waals surface area contributed by atoms with Crippen LogP contribution in [-0.4, -0.2) is 27.2 Å². The highest BCUT2D eigenvalue weighted by atomic mass is 16.5. The predicted octanol–water partition coefficient (Wildman–Crippen LogP) is 5.79. The molecule has 2 N–H and O–H groups in total. The van der Waals surface area contributed by atoms with Crippen LogP contribution in [0.15, 0.2) is 72.8 Å². The number of benzene rings is 3. The molecule has 3 aromatic rings. The van der Waals surface area contributed by atoms with Crippen LogP contribution in [0.4, 0.5) is 11.4 Å². The van der Waals surface area contributed by atoms with Gasteiger partial charge in [-0.2, -0.15) is 0 Å². The topological polar surface area (TPSA) is 68.8 Å². The molecule has 1 aliphatic heterocycles. The van der Waals surface area contributed by atoms with Gasteiger partial charge in [0.15, 0.2) is 11.5 Å². The standard InChI is InChI=1S/C28H28N2O4/c1-32-23-15-17(16-24(33-2)27(23)34-3)25-20-12-7-11-19(20)21-13-8-14-22(26(21)30-25)28(31)29-18-9-5-4-6-10-18/h4-11,13-16,19-20,25,30H,12H2,1-3H3,(H,29,31). The van der Waals surface area contributed by atoms with Crippen molar-refractivity contribution in [1.29, 1.82) is 0 Å². The maximum Gasteiger partial charge on any atom is 0.257 e. The van der Waals surface area contributed by atoms with Crippen molar-refractivity contribution in [1.82, 2.24) is 0 Å². The molecular formula is C28H28N2O4. The molecule has 0 fully saturated rings. The lowest BCUT2D eigenvalue weighted by atomic mass is 9.76. The Morgan fingerprint density at radius 1 is 0.941 bits per heavy atom. The lowest BCUT2D eigenvalue weighted by Crippen LogP contribution is -2.31. The van der Waals surface area contributed by atoms with Crippen LogP contribution in [0, 0.1) is 5.92 Å². The van der Waals surface area contributed by atoms with Crippen molar-refractivity contribution in [2.75, 3.05) is 32.0 Å². The summed E-state index contributed by atoms with van der Waals surface area (Å²) in [5, 5.41) is 6.73. The van der Waals surface area contributed by atoms with E-state index in [-0.39, 0.29) is 17.9 Å². The SMILES string of the molecule is COc1cc(C2Nc3c(C(=O)Nc4ccccc4)cccc3C3C=CCC32)cc(OC)c1OC. The van der Waals surface area contributed by atoms with Crippen molar-refractivity contribution >= 4 is 17.3 Å². The van der Waals surface area contributed by atoms with Crippen molar-refractivity contribution in [3.8, 4) is 17.2 Å². The van der Waals surface area contributed by atoms with Crippen LogP contribution in [0.25, 0.3) is 0 Å². The fraction of sp³-hybridized carbons (Fsp3) is 0.250. The number of hydrogen-bond donors (Lipinski definition) is 2. The van der Waals surface area contributed by atoms with E-state index in [4.69, 9.17) is 14.2 Å². The third-order valence-electron chi connectivity index (χ3n) is 6.72. The second-order valence-corrected chi connectivity index (χ2v) is 8.52. The van der Waals surface area contributed by atoms with Crippen molar-refractivity contribution < 1.29 is 19.0 Å². The number of nitrogens with one attached hydrogen (secondary N) is 2. The van der Waals surface area contributed by atoms with E-state index >= 15 is 0 Å². The Morgan fingerprint density at radius 2 is 1.68 bits per heavy atom. The summed E-state index contributed by atoms with van der Waals surface area (Å²) in [6.45, 7) is 0. The van der Waals surface area contributed by atoms with Crippen LogP contribution in [0.1, 0.15) is 39.9 Å². The zero-order valence-electron chi connectivity index (χ0n) is 19.5. The third kappa shape index (κ3) is 3.75. The molecule has 5 rings (SSSR count). The molecule has 3 unspecified atom stereocenters. The summed E-state index contributed by atoms with van der Waals surface area (Å²) in [7, 11) is 4.84. The summed E-state index contributed by atoms with van der Waals surface area (Å²) >= 11 is 0. The monoisotopic (exact) mass is 456 g/mol. The lowest BCUT2D eigenvalue weighted by Gasteiger charge is -2.38. The fourth-order valence-electron chi connectivity index (χ4n) is 5.14. The summed E-state index contributed by atoms with van der Waals surface area (Å²) in [5.41, 5.74) is 4.42. The average molecular weight is 457 g/mol. The second-order valence-electron chi connectivity index (χ2n) is 8.52. The number of carbonyl (C=O) groups excluding carboxylic acids is 1. The number of anilines is 2. The Kier molecular flexibility index (Phi) is 5.88. The van der Waals surface area contributed by atoms with Gasteiger partial charge in [-0.1, -0.05) is 42.5 Å². The van der Waals surface area contributed by atoms with Crippen molar-refractivity contribution in [2.45, 2.75) is 18.4 Å². The summed E-state index contributed by atoms with van der Waals surface area (Å²) in [6.07, 6.45) is 5.43. The molecule has 1 heterocycles. The van der Waals surface area contributed by atoms with Gasteiger partial charge in [0.05, 0.1) is 38.6 Å². The lowest BCUT2D eigenvalue weighted by molar-refractivity contribution is 0.102. The van der Waals surface area contributed by atoms with E-state index in [1.165, 1.54) is 0 Å². The number of ether oxygens (including phenoxy) is 3. The summed E-state index contributed by atoms with van der Waals surface area (Å²) < 4.78 is 16.7. The first kappa shape index (κ1) is 21.9. The number of carbonyl (C=O) groups is 1. The molecule has 2 aliphatic rings. The van der Waals surface area contributed by atoms with Crippen LogP contribution in [0.5, 0.6) is 17.2 Å². The fourth-order valence-corrected chi connectivity index (χ4v) is 5.14. The molecule has 6 heteroatoms. The molecule has 0 spiro atoms. The minimum Gasteiger partial charge on any atom is -0.493 e. The molecule has 3 atom stereocenters. The zero-order chi connectivity index (χ0) is 23.7. The van der Waals surface area contributed by atoms with Crippen molar-refractivity contribution in [3.05, 3.63) is 89.5 Å². The number of methoxy groups -OCH3 is 3. The molecule has 6 nitrogen and oxygen atoms in total. The van der Waals surface area contributed by atoms with E-state index in [0.29, 0.717) is 28.7 Å². The molecule has 0 saturated heterocycles. The minimum absolute atomic E-state index is 0.0353. The largest absolute Gasteiger partial charge is 0.493 e. The van der Waals surface area contributed by atoms with E-state index in [9.17, 15) is 4.79 Å². The Bertz CT molecular complexity index is 1210. The van der Waals surface area contributed by atoms with Crippen molar-refractivity contribution in [2.24, 2.45) is 5.92 Å². The molecule has 1 amide bonds. The maximum absolute atomic E-state index is 13.3. The highest BCUT2D eigenvalue weighted by Crippen LogP contribution is 2.52. The van der Waals surface area contributed by atoms with Gasteiger partial charge in [0.25, 0.3) is 5.91 Å². The number of hydrogen-bond acceptors (Lipinski definition) is 5. The van der Waals surface area contributed by atoms with Gasteiger partial charge in [0.2, 0.25) is 5.75 Å². The predicted molar refractivity (Wildman–Crippen MR) is 133 cm³/mol. The number of fused-ring (bicyclic) bond motifs is 3. The summed E-state index contributed by atoms with van der Waals surface area (Å²) in [6, 6.07) is 19.4. The number of allylic oxidation sites excluding steroid dienone is 2. The van der Waals surface area contributed by atoms with Crippen LogP contribution in [0.3, 0.4) is 0 Å². The van der Waals surface area contributed by atoms with Gasteiger partial charge in [-0.25, -0.2) is 0 Å². The van der Waals surface area contributed by atoms with E-state index < -0.39 is 0 Å². The van der Waals surface area contributed by atoms with Crippen LogP contribution < -0.4 is 24.8 Å². The van der Waals surface area contributed by atoms with Gasteiger partial charge in [-0.05, 0) is 53.8 Å². The first-order valence-electron chi connectivity index (χ1n) is 11.4. The minimum atomic E-state index is -0.139. The number of rotatable bonds is 6. The Hall–Kier alpha value is -3.93. The first-order valence-corrected chi connectivity index (χ1v) is 11.4. The highest BCUT2D eigenvalue weighted by molar-refractivity contribution is 6.08. The van der Waals surface area contributed by atoms with Crippen LogP contribution >= 0.6 is 0 Å². The zero-order valence-corrected chi connectivity index (χ0v) is 19.5. The molecule has 174 valence electrons. The van der Waals surface area contributed by atoms with Gasteiger partial charge in [0.1, 0.15) is 0 Å². The molecule has 1 aliphatic carbocycles. The van der Waals surface area contributed by atoms with E-state index in [0.717, 1.165) is 28.9 Å². The summed E-state index contributed by atoms with van der Waals surface area (Å²) in [4.78, 5) is 13.3. The maximum atomic E-state index is 13.3. The Balaban J connectivity index is 1.56. The third-order valence-corrected chi connectivity index (χ3v) is 6.72. The van der Waals surface area contributed by atoms with Gasteiger partial charge < -0.3 is 24.8 Å². The highest BCUT2D eigenvalue weighted by Gasteiger charge is 2.40. The molecule has 0 saturated carbocycles. The van der Waals surface area contributed by atoms with Gasteiger partial charge in [-0.15, -0.1) is 0 Å². The molecule has 0 aromatic heterocycles. The smallest absolute Gasteiger partial charge is 0.257 e. The number of amides is 1. The van der Waals surface area contributed by atoms with Gasteiger partial charge in [0, 0.05) is 11.6 Å². The molecule has 0 radical (unpaired) electrons. The quantitative estimate of drug-likeness (QED) is 0.460. The number of para-hydroxylation sites is 2. The Labute approximate surface area is 199 Å². The van der Waals surface area contributed by atoms with Gasteiger partial charge in [-0.3, -0.25) is 4.79 Å². The van der Waals surface area contributed by atoms with Crippen molar-refractivity contribution in [3.63, 3.8) is 0 Å². The summed E-state index contributed by atoms with van der Waals surface area (Å²) in [5.74, 6) is 2.17. The van der Waals surface area contributed by atoms with Crippen LogP contribution in [-0.2, 0) is 0 Å². The molecular weight excluding hydrogens is 428 g/mol. The Morgan fingerprint density at radius 3 is 2.35 bits per heavy atom. The molecule has 0 bridgehead atoms. The van der Waals surface area contributed by atoms with E-state index in [2.05, 4.69) is 28.9 Å². The second kappa shape index (κ2) is 9.14. The molecule has 34 heavy (non-hydrogen) atoms. The molecule has 3 aromatic carbocycles. The van der Waals surface area contributed by atoms with Crippen LogP contribution in [0.2, 0.25) is 0 Å². The van der Waals surface area contributed by atoms with E-state index in [1.54, 1.807) is 21.3 Å².